The van der Waals surface area contributed by atoms with Crippen molar-refractivity contribution in [3.8, 4) is 0 Å². The average molecular weight is 289 g/mol. The summed E-state index contributed by atoms with van der Waals surface area (Å²) in [4.78, 5) is 28.7. The summed E-state index contributed by atoms with van der Waals surface area (Å²) in [7, 11) is 0. The van der Waals surface area contributed by atoms with Gasteiger partial charge >= 0.3 is 0 Å². The second-order valence-electron chi connectivity index (χ2n) is 5.27. The molecule has 110 valence electrons. The Morgan fingerprint density at radius 3 is 3.00 bits per heavy atom. The number of amides is 1. The highest BCUT2D eigenvalue weighted by Crippen LogP contribution is 2.23. The lowest BCUT2D eigenvalue weighted by molar-refractivity contribution is 0.0743. The Balaban J connectivity index is 2.11. The first-order valence-electron chi connectivity index (χ1n) is 6.94. The van der Waals surface area contributed by atoms with Gasteiger partial charge in [-0.15, -0.1) is 0 Å². The highest BCUT2D eigenvalue weighted by molar-refractivity contribution is 6.06. The normalized spacial score (nSPS) is 18.4. The van der Waals surface area contributed by atoms with Crippen LogP contribution in [-0.2, 0) is 0 Å². The molecule has 1 fully saturated rings. The third kappa shape index (κ3) is 2.42. The predicted molar refractivity (Wildman–Crippen MR) is 77.6 cm³/mol. The molecule has 1 aliphatic rings. The van der Waals surface area contributed by atoms with Crippen LogP contribution in [0.2, 0.25) is 0 Å². The summed E-state index contributed by atoms with van der Waals surface area (Å²) < 4.78 is 13.3. The molecule has 3 N–H and O–H groups in total. The van der Waals surface area contributed by atoms with E-state index in [0.717, 1.165) is 12.8 Å². The van der Waals surface area contributed by atoms with Crippen molar-refractivity contribution in [2.24, 2.45) is 5.73 Å². The van der Waals surface area contributed by atoms with Gasteiger partial charge in [0.2, 0.25) is 5.56 Å². The number of likely N-dealkylation sites (tertiary alicyclic amines) is 1. The van der Waals surface area contributed by atoms with Crippen LogP contribution < -0.4 is 11.3 Å². The lowest BCUT2D eigenvalue weighted by Gasteiger charge is -2.24. The van der Waals surface area contributed by atoms with E-state index in [9.17, 15) is 14.0 Å². The molecule has 1 aromatic heterocycles. The Hall–Kier alpha value is -2.21. The van der Waals surface area contributed by atoms with Crippen LogP contribution in [0.4, 0.5) is 4.39 Å². The zero-order chi connectivity index (χ0) is 15.0. The largest absolute Gasteiger partial charge is 0.334 e. The van der Waals surface area contributed by atoms with Crippen LogP contribution in [0, 0.1) is 5.82 Å². The third-order valence-corrected chi connectivity index (χ3v) is 3.95. The molecule has 1 aromatic carbocycles. The number of benzene rings is 1. The number of hydrogen-bond donors (Lipinski definition) is 2. The fourth-order valence-corrected chi connectivity index (χ4v) is 2.91. The van der Waals surface area contributed by atoms with E-state index in [0.29, 0.717) is 29.6 Å². The molecular formula is C15H16FN3O2. The van der Waals surface area contributed by atoms with Crippen LogP contribution in [0.15, 0.2) is 29.1 Å². The number of hydrogen-bond acceptors (Lipinski definition) is 3. The average Bonchev–Trinajstić information content (AvgIpc) is 2.93. The van der Waals surface area contributed by atoms with Crippen molar-refractivity contribution < 1.29 is 9.18 Å². The maximum absolute atomic E-state index is 13.3. The molecule has 0 radical (unpaired) electrons. The van der Waals surface area contributed by atoms with Gasteiger partial charge in [0.25, 0.3) is 5.91 Å². The fourth-order valence-electron chi connectivity index (χ4n) is 2.91. The van der Waals surface area contributed by atoms with Crippen molar-refractivity contribution in [2.75, 3.05) is 13.1 Å². The number of carbonyl (C=O) groups is 1. The smallest absolute Gasteiger partial charge is 0.255 e. The van der Waals surface area contributed by atoms with Gasteiger partial charge in [-0.05, 0) is 31.0 Å². The summed E-state index contributed by atoms with van der Waals surface area (Å²) in [6.07, 6.45) is 1.78. The molecule has 0 aliphatic carbocycles. The molecule has 1 aliphatic heterocycles. The molecule has 1 atom stereocenters. The highest BCUT2D eigenvalue weighted by Gasteiger charge is 2.29. The van der Waals surface area contributed by atoms with Crippen LogP contribution in [0.5, 0.6) is 0 Å². The van der Waals surface area contributed by atoms with E-state index >= 15 is 0 Å². The molecule has 2 heterocycles. The second kappa shape index (κ2) is 5.29. The van der Waals surface area contributed by atoms with E-state index in [2.05, 4.69) is 4.98 Å². The van der Waals surface area contributed by atoms with Gasteiger partial charge in [0, 0.05) is 30.6 Å². The van der Waals surface area contributed by atoms with Gasteiger partial charge in [0.1, 0.15) is 5.82 Å². The van der Waals surface area contributed by atoms with Crippen molar-refractivity contribution in [3.63, 3.8) is 0 Å². The first kappa shape index (κ1) is 13.8. The number of pyridine rings is 1. The summed E-state index contributed by atoms with van der Waals surface area (Å²) in [5.41, 5.74) is 5.90. The molecule has 1 saturated heterocycles. The van der Waals surface area contributed by atoms with E-state index in [1.807, 2.05) is 0 Å². The molecular weight excluding hydrogens is 273 g/mol. The number of carbonyl (C=O) groups excluding carboxylic acids is 1. The minimum Gasteiger partial charge on any atom is -0.334 e. The maximum Gasteiger partial charge on any atom is 0.255 e. The van der Waals surface area contributed by atoms with Crippen molar-refractivity contribution in [2.45, 2.75) is 18.9 Å². The van der Waals surface area contributed by atoms with Crippen molar-refractivity contribution in [3.05, 3.63) is 46.0 Å². The summed E-state index contributed by atoms with van der Waals surface area (Å²) in [6.45, 7) is 1.04. The molecule has 6 heteroatoms. The Morgan fingerprint density at radius 1 is 1.43 bits per heavy atom. The molecule has 2 aromatic rings. The minimum absolute atomic E-state index is 0.00675. The molecule has 0 unspecified atom stereocenters. The van der Waals surface area contributed by atoms with Crippen LogP contribution in [-0.4, -0.2) is 34.9 Å². The number of nitrogens with one attached hydrogen (secondary N) is 1. The number of nitrogens with two attached hydrogens (primary N) is 1. The second-order valence-corrected chi connectivity index (χ2v) is 5.27. The zero-order valence-electron chi connectivity index (χ0n) is 11.4. The number of H-pyrrole nitrogens is 1. The van der Waals surface area contributed by atoms with E-state index in [1.54, 1.807) is 4.90 Å². The summed E-state index contributed by atoms with van der Waals surface area (Å²) in [5, 5.41) is 0.545. The first-order valence-corrected chi connectivity index (χ1v) is 6.94. The Bertz CT molecular complexity index is 756. The molecule has 0 spiro atoms. The van der Waals surface area contributed by atoms with Crippen LogP contribution >= 0.6 is 0 Å². The van der Waals surface area contributed by atoms with Crippen molar-refractivity contribution in [1.29, 1.82) is 0 Å². The standard InChI is InChI=1S/C15H16FN3O2/c16-9-3-4-11-12(7-14(20)18-13(11)6-9)15(21)19-5-1-2-10(19)8-17/h3-4,6-7,10H,1-2,5,8,17H2,(H,18,20)/t10-/m1/s1. The van der Waals surface area contributed by atoms with Gasteiger partial charge in [-0.2, -0.15) is 0 Å². The van der Waals surface area contributed by atoms with Crippen LogP contribution in [0.1, 0.15) is 23.2 Å². The van der Waals surface area contributed by atoms with Crippen LogP contribution in [0.3, 0.4) is 0 Å². The maximum atomic E-state index is 13.3. The van der Waals surface area contributed by atoms with Gasteiger partial charge in [-0.1, -0.05) is 0 Å². The molecule has 1 amide bonds. The first-order chi connectivity index (χ1) is 10.1. The molecule has 5 nitrogen and oxygen atoms in total. The van der Waals surface area contributed by atoms with Gasteiger partial charge in [-0.25, -0.2) is 4.39 Å². The summed E-state index contributed by atoms with van der Waals surface area (Å²) in [5.74, 6) is -0.672. The molecule has 0 saturated carbocycles. The topological polar surface area (TPSA) is 79.2 Å². The minimum atomic E-state index is -0.455. The van der Waals surface area contributed by atoms with E-state index in [1.165, 1.54) is 24.3 Å². The number of halogens is 1. The van der Waals surface area contributed by atoms with E-state index in [-0.39, 0.29) is 11.9 Å². The fraction of sp³-hybridized carbons (Fsp3) is 0.333. The highest BCUT2D eigenvalue weighted by atomic mass is 19.1. The SMILES string of the molecule is NC[C@H]1CCCN1C(=O)c1cc(=O)[nH]c2cc(F)ccc12. The molecule has 3 rings (SSSR count). The Kier molecular flexibility index (Phi) is 3.47. The van der Waals surface area contributed by atoms with E-state index in [4.69, 9.17) is 5.73 Å². The lowest BCUT2D eigenvalue weighted by Crippen LogP contribution is -2.40. The molecule has 21 heavy (non-hydrogen) atoms. The Labute approximate surface area is 120 Å². The van der Waals surface area contributed by atoms with Crippen molar-refractivity contribution >= 4 is 16.8 Å². The summed E-state index contributed by atoms with van der Waals surface area (Å²) in [6, 6.07) is 5.29. The van der Waals surface area contributed by atoms with E-state index < -0.39 is 11.4 Å². The quantitative estimate of drug-likeness (QED) is 0.872. The zero-order valence-corrected chi connectivity index (χ0v) is 11.4. The van der Waals surface area contributed by atoms with Gasteiger partial charge in [-0.3, -0.25) is 9.59 Å². The summed E-state index contributed by atoms with van der Waals surface area (Å²) >= 11 is 0. The third-order valence-electron chi connectivity index (χ3n) is 3.95. The monoisotopic (exact) mass is 289 g/mol. The van der Waals surface area contributed by atoms with Gasteiger partial charge in [0.05, 0.1) is 11.1 Å². The van der Waals surface area contributed by atoms with Gasteiger partial charge in [0.15, 0.2) is 0 Å². The Morgan fingerprint density at radius 2 is 2.24 bits per heavy atom. The number of nitrogens with zero attached hydrogens (tertiary/aromatic N) is 1. The predicted octanol–water partition coefficient (Wildman–Crippen LogP) is 1.23. The van der Waals surface area contributed by atoms with Gasteiger partial charge < -0.3 is 15.6 Å². The van der Waals surface area contributed by atoms with Crippen molar-refractivity contribution in [1.82, 2.24) is 9.88 Å². The number of aromatic nitrogens is 1. The van der Waals surface area contributed by atoms with Crippen LogP contribution in [0.25, 0.3) is 10.9 Å². The molecule has 0 bridgehead atoms. The number of fused-ring (bicyclic) bond motifs is 1. The number of aromatic amines is 1. The number of rotatable bonds is 2. The lowest BCUT2D eigenvalue weighted by atomic mass is 10.1.